The van der Waals surface area contributed by atoms with E-state index in [2.05, 4.69) is 22.4 Å². The zero-order valence-electron chi connectivity index (χ0n) is 25.2. The van der Waals surface area contributed by atoms with E-state index in [-0.39, 0.29) is 42.5 Å². The number of ether oxygens (including phenoxy) is 1. The summed E-state index contributed by atoms with van der Waals surface area (Å²) in [7, 11) is 0. The molecule has 3 saturated heterocycles. The van der Waals surface area contributed by atoms with Crippen LogP contribution in [0.3, 0.4) is 0 Å². The van der Waals surface area contributed by atoms with Gasteiger partial charge in [0, 0.05) is 43.5 Å². The number of hydrogen-bond acceptors (Lipinski definition) is 6. The van der Waals surface area contributed by atoms with Gasteiger partial charge in [-0.15, -0.1) is 0 Å². The van der Waals surface area contributed by atoms with Crippen molar-refractivity contribution in [3.63, 3.8) is 0 Å². The van der Waals surface area contributed by atoms with Crippen LogP contribution in [0, 0.1) is 18.3 Å². The topological polar surface area (TPSA) is 66.2 Å². The summed E-state index contributed by atoms with van der Waals surface area (Å²) in [4.78, 5) is 31.7. The first-order valence-electron chi connectivity index (χ1n) is 16.0. The Labute approximate surface area is 261 Å². The Morgan fingerprint density at radius 3 is 2.93 bits per heavy atom. The van der Waals surface area contributed by atoms with E-state index in [0.717, 1.165) is 31.4 Å². The van der Waals surface area contributed by atoms with E-state index in [1.165, 1.54) is 29.7 Å². The van der Waals surface area contributed by atoms with E-state index < -0.39 is 6.17 Å². The zero-order valence-corrected chi connectivity index (χ0v) is 25.2. The third kappa shape index (κ3) is 4.75. The molecule has 2 aliphatic carbocycles. The number of anilines is 1. The fourth-order valence-electron chi connectivity index (χ4n) is 8.54. The molecule has 3 aromatic rings. The van der Waals surface area contributed by atoms with Gasteiger partial charge in [-0.2, -0.15) is 9.97 Å². The van der Waals surface area contributed by atoms with Gasteiger partial charge < -0.3 is 19.4 Å². The Balaban J connectivity index is 1.19. The van der Waals surface area contributed by atoms with Gasteiger partial charge in [0.15, 0.2) is 0 Å². The largest absolute Gasteiger partial charge is 0.461 e. The van der Waals surface area contributed by atoms with Crippen LogP contribution in [0.15, 0.2) is 43.0 Å². The van der Waals surface area contributed by atoms with Crippen molar-refractivity contribution < 1.29 is 18.3 Å². The maximum atomic E-state index is 16.1. The van der Waals surface area contributed by atoms with Crippen LogP contribution in [0.1, 0.15) is 42.7 Å². The fourth-order valence-corrected chi connectivity index (χ4v) is 8.54. The van der Waals surface area contributed by atoms with Gasteiger partial charge in [0.2, 0.25) is 12.5 Å². The highest BCUT2D eigenvalue weighted by Gasteiger charge is 2.49. The van der Waals surface area contributed by atoms with Crippen LogP contribution in [0.25, 0.3) is 26.9 Å². The molecule has 45 heavy (non-hydrogen) atoms. The first-order chi connectivity index (χ1) is 21.9. The van der Waals surface area contributed by atoms with Crippen molar-refractivity contribution >= 4 is 22.6 Å². The summed E-state index contributed by atoms with van der Waals surface area (Å²) in [5, 5.41) is 0.550. The van der Waals surface area contributed by atoms with Gasteiger partial charge in [0.25, 0.3) is 0 Å². The molecule has 5 atom stereocenters. The Bertz CT molecular complexity index is 1760. The van der Waals surface area contributed by atoms with Crippen molar-refractivity contribution in [3.05, 3.63) is 71.3 Å². The number of rotatable bonds is 7. The normalized spacial score (nSPS) is 28.5. The van der Waals surface area contributed by atoms with Crippen molar-refractivity contribution in [2.45, 2.75) is 55.8 Å². The average Bonchev–Trinajstić information content (AvgIpc) is 3.38. The van der Waals surface area contributed by atoms with Crippen LogP contribution in [-0.2, 0) is 11.2 Å². The number of alkyl halides is 1. The highest BCUT2D eigenvalue weighted by atomic mass is 19.1. The van der Waals surface area contributed by atoms with Gasteiger partial charge in [-0.1, -0.05) is 24.8 Å². The Kier molecular flexibility index (Phi) is 6.79. The number of carbonyl (C=O) groups excluding carboxylic acids is 1. The Hall–Kier alpha value is -4.10. The Morgan fingerprint density at radius 1 is 1.20 bits per heavy atom. The molecule has 1 saturated carbocycles. The smallest absolute Gasteiger partial charge is 0.319 e. The van der Waals surface area contributed by atoms with E-state index in [0.29, 0.717) is 66.7 Å². The van der Waals surface area contributed by atoms with Gasteiger partial charge in [0.1, 0.15) is 30.5 Å². The second kappa shape index (κ2) is 10.8. The fraction of sp³-hybridized carbons (Fsp3) is 0.486. The molecule has 8 rings (SSSR count). The first kappa shape index (κ1) is 28.4. The van der Waals surface area contributed by atoms with Crippen molar-refractivity contribution in [2.75, 3.05) is 50.8 Å². The maximum Gasteiger partial charge on any atom is 0.319 e. The molecular formula is C35H36F2N6O2. The summed E-state index contributed by atoms with van der Waals surface area (Å²) in [6.07, 6.45) is 4.89. The summed E-state index contributed by atoms with van der Waals surface area (Å²) < 4.78 is 36.9. The number of hydrogen-bond donors (Lipinski definition) is 0. The second-order valence-electron chi connectivity index (χ2n) is 13.4. The van der Waals surface area contributed by atoms with E-state index in [1.807, 2.05) is 23.1 Å². The van der Waals surface area contributed by atoms with Gasteiger partial charge in [-0.25, -0.2) is 15.4 Å². The molecule has 2 aromatic carbocycles. The highest BCUT2D eigenvalue weighted by molar-refractivity contribution is 5.94. The molecule has 1 amide bonds. The van der Waals surface area contributed by atoms with E-state index >= 15 is 4.39 Å². The number of carbonyl (C=O) groups is 1. The minimum Gasteiger partial charge on any atom is -0.461 e. The molecular weight excluding hydrogens is 574 g/mol. The number of fused-ring (bicyclic) bond motifs is 5. The molecule has 5 aliphatic rings. The number of benzene rings is 2. The predicted octanol–water partition coefficient (Wildman–Crippen LogP) is 5.17. The zero-order chi connectivity index (χ0) is 30.9. The molecule has 8 nitrogen and oxygen atoms in total. The summed E-state index contributed by atoms with van der Waals surface area (Å²) in [5.41, 5.74) is 4.19. The first-order valence-corrected chi connectivity index (χ1v) is 16.0. The average molecular weight is 611 g/mol. The molecule has 3 aliphatic heterocycles. The van der Waals surface area contributed by atoms with Crippen LogP contribution >= 0.6 is 0 Å². The van der Waals surface area contributed by atoms with Crippen LogP contribution in [0.5, 0.6) is 6.01 Å². The lowest BCUT2D eigenvalue weighted by Gasteiger charge is -2.39. The lowest BCUT2D eigenvalue weighted by atomic mass is 9.93. The lowest BCUT2D eigenvalue weighted by Crippen LogP contribution is -2.56. The Morgan fingerprint density at radius 2 is 2.09 bits per heavy atom. The monoisotopic (exact) mass is 610 g/mol. The van der Waals surface area contributed by atoms with Gasteiger partial charge in [-0.05, 0) is 79.0 Å². The molecule has 1 aromatic heterocycles. The lowest BCUT2D eigenvalue weighted by molar-refractivity contribution is -0.128. The molecule has 4 heterocycles. The van der Waals surface area contributed by atoms with E-state index in [1.54, 1.807) is 4.90 Å². The van der Waals surface area contributed by atoms with E-state index in [9.17, 15) is 9.18 Å². The molecule has 232 valence electrons. The minimum atomic E-state index is -0.875. The van der Waals surface area contributed by atoms with Crippen LogP contribution in [0.2, 0.25) is 0 Å². The molecule has 0 N–H and O–H groups in total. The maximum absolute atomic E-state index is 16.1. The van der Waals surface area contributed by atoms with Crippen LogP contribution < -0.4 is 9.64 Å². The molecule has 0 radical (unpaired) electrons. The predicted molar refractivity (Wildman–Crippen MR) is 167 cm³/mol. The van der Waals surface area contributed by atoms with Crippen molar-refractivity contribution in [3.8, 4) is 17.1 Å². The van der Waals surface area contributed by atoms with E-state index in [4.69, 9.17) is 21.3 Å². The third-order valence-electron chi connectivity index (χ3n) is 10.8. The molecule has 0 bridgehead atoms. The van der Waals surface area contributed by atoms with Crippen LogP contribution in [0.4, 0.5) is 14.6 Å². The number of nitrogens with zero attached hydrogens (tertiary/aromatic N) is 6. The summed E-state index contributed by atoms with van der Waals surface area (Å²) in [5.74, 6) is 1.22. The van der Waals surface area contributed by atoms with Crippen molar-refractivity contribution in [1.82, 2.24) is 19.8 Å². The summed E-state index contributed by atoms with van der Waals surface area (Å²) in [6.45, 7) is 14.0. The third-order valence-corrected chi connectivity index (χ3v) is 10.8. The van der Waals surface area contributed by atoms with Crippen LogP contribution in [-0.4, -0.2) is 89.3 Å². The van der Waals surface area contributed by atoms with Gasteiger partial charge >= 0.3 is 6.01 Å². The number of amides is 1. The van der Waals surface area contributed by atoms with Gasteiger partial charge in [0.05, 0.1) is 11.1 Å². The molecule has 0 spiro atoms. The SMILES string of the molecule is [C-]#[N+]C[C@H]1CN(c2nc(OC[C@@]34CCCN3C[C@H](F)C4)nc3cc(-c4cccc5c4CC4CC54)c(F)cc23)CCN1C(=O)C=C. The molecule has 2 unspecified atom stereocenters. The number of halogens is 2. The van der Waals surface area contributed by atoms with Gasteiger partial charge in [-0.3, -0.25) is 9.69 Å². The number of aromatic nitrogens is 2. The number of piperazine rings is 1. The molecule has 10 heteroatoms. The second-order valence-corrected chi connectivity index (χ2v) is 13.4. The summed E-state index contributed by atoms with van der Waals surface area (Å²) in [6, 6.07) is 9.32. The van der Waals surface area contributed by atoms with Crippen molar-refractivity contribution in [1.29, 1.82) is 0 Å². The van der Waals surface area contributed by atoms with Crippen molar-refractivity contribution in [2.24, 2.45) is 5.92 Å². The molecule has 4 fully saturated rings. The highest BCUT2D eigenvalue weighted by Crippen LogP contribution is 2.58. The minimum absolute atomic E-state index is 0.130. The standard InChI is InChI=1S/C35H36F2N6O2/c1-3-32(44)43-11-10-41(19-23(43)17-38-2)33-29-14-30(37)28(25-7-4-6-24-26-12-21(26)13-27(24)25)15-31(29)39-34(40-33)45-20-35-8-5-9-42(35)18-22(36)16-35/h3-4,6-7,14-15,21-23,26H,1,5,8-13,16-20H2/t21?,22-,23+,26?,35+/m1/s1. The summed E-state index contributed by atoms with van der Waals surface area (Å²) >= 11 is 0. The quantitative estimate of drug-likeness (QED) is 0.272.